The third-order valence-electron chi connectivity index (χ3n) is 2.75. The Morgan fingerprint density at radius 1 is 1.73 bits per heavy atom. The van der Waals surface area contributed by atoms with Crippen molar-refractivity contribution in [2.24, 2.45) is 10.7 Å². The van der Waals surface area contributed by atoms with Gasteiger partial charge in [0.05, 0.1) is 6.10 Å². The Hall–Kier alpha value is -1.36. The molecule has 2 N–H and O–H groups in total. The number of urea groups is 1. The van der Waals surface area contributed by atoms with Gasteiger partial charge in [-0.1, -0.05) is 6.08 Å². The molecule has 2 aliphatic rings. The first-order valence-electron chi connectivity index (χ1n) is 5.11. The quantitative estimate of drug-likeness (QED) is 0.689. The van der Waals surface area contributed by atoms with Crippen molar-refractivity contribution in [3.05, 3.63) is 12.7 Å². The molecule has 0 aromatic carbocycles. The lowest BCUT2D eigenvalue weighted by Gasteiger charge is -2.27. The van der Waals surface area contributed by atoms with E-state index in [0.717, 1.165) is 19.4 Å². The fourth-order valence-electron chi connectivity index (χ4n) is 2.09. The third kappa shape index (κ3) is 1.74. The zero-order chi connectivity index (χ0) is 10.8. The smallest absolute Gasteiger partial charge is 0.346 e. The van der Waals surface area contributed by atoms with Gasteiger partial charge in [0.25, 0.3) is 0 Å². The van der Waals surface area contributed by atoms with Crippen LogP contribution in [0.2, 0.25) is 0 Å². The fraction of sp³-hybridized carbons (Fsp3) is 0.600. The normalized spacial score (nSPS) is 30.8. The Kier molecular flexibility index (Phi) is 2.73. The first-order valence-corrected chi connectivity index (χ1v) is 5.11. The van der Waals surface area contributed by atoms with Gasteiger partial charge in [-0.15, -0.1) is 6.58 Å². The maximum absolute atomic E-state index is 11.5. The van der Waals surface area contributed by atoms with Crippen LogP contribution in [0, 0.1) is 0 Å². The SMILES string of the molecule is C=CCN1C(=O)N=C(N)C1C1CCCO1. The highest BCUT2D eigenvalue weighted by atomic mass is 16.5. The zero-order valence-electron chi connectivity index (χ0n) is 8.56. The third-order valence-corrected chi connectivity index (χ3v) is 2.75. The van der Waals surface area contributed by atoms with Crippen molar-refractivity contribution < 1.29 is 9.53 Å². The summed E-state index contributed by atoms with van der Waals surface area (Å²) in [4.78, 5) is 16.9. The van der Waals surface area contributed by atoms with Gasteiger partial charge >= 0.3 is 6.03 Å². The number of hydrogen-bond acceptors (Lipinski definition) is 3. The number of aliphatic imine (C=N–C) groups is 1. The van der Waals surface area contributed by atoms with Crippen LogP contribution >= 0.6 is 0 Å². The molecule has 2 rings (SSSR count). The molecule has 82 valence electrons. The van der Waals surface area contributed by atoms with Crippen LogP contribution in [0.5, 0.6) is 0 Å². The molecule has 15 heavy (non-hydrogen) atoms. The molecule has 1 saturated heterocycles. The van der Waals surface area contributed by atoms with Crippen LogP contribution in [0.15, 0.2) is 17.6 Å². The monoisotopic (exact) mass is 209 g/mol. The van der Waals surface area contributed by atoms with Crippen LogP contribution in [0.3, 0.4) is 0 Å². The van der Waals surface area contributed by atoms with Crippen LogP contribution in [-0.4, -0.2) is 42.1 Å². The number of carbonyl (C=O) groups excluding carboxylic acids is 1. The highest BCUT2D eigenvalue weighted by molar-refractivity contribution is 6.03. The lowest BCUT2D eigenvalue weighted by Crippen LogP contribution is -2.48. The number of hydrogen-bond donors (Lipinski definition) is 1. The van der Waals surface area contributed by atoms with Crippen molar-refractivity contribution in [1.82, 2.24) is 4.90 Å². The molecule has 2 aliphatic heterocycles. The summed E-state index contributed by atoms with van der Waals surface area (Å²) in [5.74, 6) is 0.369. The standard InChI is InChI=1S/C10H15N3O2/c1-2-5-13-8(7-4-3-6-15-7)9(11)12-10(13)14/h2,7-8H,1,3-6H2,(H2,11,12,14). The van der Waals surface area contributed by atoms with Gasteiger partial charge in [-0.05, 0) is 12.8 Å². The van der Waals surface area contributed by atoms with Crippen LogP contribution in [-0.2, 0) is 4.74 Å². The van der Waals surface area contributed by atoms with Crippen molar-refractivity contribution in [1.29, 1.82) is 0 Å². The largest absolute Gasteiger partial charge is 0.385 e. The second-order valence-corrected chi connectivity index (χ2v) is 3.76. The van der Waals surface area contributed by atoms with Crippen molar-refractivity contribution in [3.8, 4) is 0 Å². The molecule has 0 aromatic heterocycles. The van der Waals surface area contributed by atoms with Gasteiger partial charge in [0.1, 0.15) is 11.9 Å². The summed E-state index contributed by atoms with van der Waals surface area (Å²) in [6.45, 7) is 4.82. The van der Waals surface area contributed by atoms with E-state index in [2.05, 4.69) is 11.6 Å². The number of amides is 2. The van der Waals surface area contributed by atoms with Gasteiger partial charge in [0.2, 0.25) is 0 Å². The van der Waals surface area contributed by atoms with Crippen LogP contribution in [0.25, 0.3) is 0 Å². The lowest BCUT2D eigenvalue weighted by atomic mass is 10.1. The Labute approximate surface area is 88.6 Å². The molecule has 2 heterocycles. The van der Waals surface area contributed by atoms with Crippen LogP contribution in [0.4, 0.5) is 4.79 Å². The first-order chi connectivity index (χ1) is 7.24. The van der Waals surface area contributed by atoms with E-state index in [-0.39, 0.29) is 18.2 Å². The van der Waals surface area contributed by atoms with Crippen molar-refractivity contribution in [2.45, 2.75) is 25.0 Å². The summed E-state index contributed by atoms with van der Waals surface area (Å²) in [5.41, 5.74) is 5.74. The molecule has 0 aromatic rings. The Balaban J connectivity index is 2.15. The van der Waals surface area contributed by atoms with E-state index in [1.54, 1.807) is 11.0 Å². The van der Waals surface area contributed by atoms with Crippen molar-refractivity contribution in [3.63, 3.8) is 0 Å². The summed E-state index contributed by atoms with van der Waals surface area (Å²) < 4.78 is 5.54. The average Bonchev–Trinajstić information content (AvgIpc) is 2.77. The second kappa shape index (κ2) is 4.02. The zero-order valence-corrected chi connectivity index (χ0v) is 8.56. The minimum atomic E-state index is -0.284. The minimum absolute atomic E-state index is 0.000139. The van der Waals surface area contributed by atoms with Crippen molar-refractivity contribution >= 4 is 11.9 Å². The molecular formula is C10H15N3O2. The number of nitrogens with two attached hydrogens (primary N) is 1. The highest BCUT2D eigenvalue weighted by Gasteiger charge is 2.40. The molecule has 0 spiro atoms. The molecule has 2 atom stereocenters. The Morgan fingerprint density at radius 3 is 3.13 bits per heavy atom. The first kappa shape index (κ1) is 10.2. The molecule has 0 aliphatic carbocycles. The predicted octanol–water partition coefficient (Wildman–Crippen LogP) is 0.513. The summed E-state index contributed by atoms with van der Waals surface area (Å²) >= 11 is 0. The number of ether oxygens (including phenoxy) is 1. The van der Waals surface area contributed by atoms with E-state index >= 15 is 0 Å². The number of amidine groups is 1. The molecule has 0 bridgehead atoms. The molecule has 0 radical (unpaired) electrons. The maximum Gasteiger partial charge on any atom is 0.346 e. The molecule has 2 unspecified atom stereocenters. The summed E-state index contributed by atoms with van der Waals surface area (Å²) in [7, 11) is 0. The highest BCUT2D eigenvalue weighted by Crippen LogP contribution is 2.23. The molecule has 1 fully saturated rings. The van der Waals surface area contributed by atoms with E-state index in [9.17, 15) is 4.79 Å². The van der Waals surface area contributed by atoms with Crippen LogP contribution in [0.1, 0.15) is 12.8 Å². The average molecular weight is 209 g/mol. The predicted molar refractivity (Wildman–Crippen MR) is 56.7 cm³/mol. The van der Waals surface area contributed by atoms with Gasteiger partial charge in [0.15, 0.2) is 0 Å². The van der Waals surface area contributed by atoms with Gasteiger partial charge in [-0.25, -0.2) is 4.79 Å². The van der Waals surface area contributed by atoms with Crippen LogP contribution < -0.4 is 5.73 Å². The van der Waals surface area contributed by atoms with Gasteiger partial charge in [-0.3, -0.25) is 0 Å². The number of rotatable bonds is 3. The number of carbonyl (C=O) groups is 1. The minimum Gasteiger partial charge on any atom is -0.385 e. The van der Waals surface area contributed by atoms with Gasteiger partial charge in [-0.2, -0.15) is 4.99 Å². The second-order valence-electron chi connectivity index (χ2n) is 3.76. The van der Waals surface area contributed by atoms with Crippen molar-refractivity contribution in [2.75, 3.05) is 13.2 Å². The molecule has 5 nitrogen and oxygen atoms in total. The summed E-state index contributed by atoms with van der Waals surface area (Å²) in [5, 5.41) is 0. The molecule has 5 heteroatoms. The molecular weight excluding hydrogens is 194 g/mol. The Morgan fingerprint density at radius 2 is 2.53 bits per heavy atom. The molecule has 0 saturated carbocycles. The summed E-state index contributed by atoms with van der Waals surface area (Å²) in [6.07, 6.45) is 3.63. The van der Waals surface area contributed by atoms with Gasteiger partial charge < -0.3 is 15.4 Å². The topological polar surface area (TPSA) is 67.9 Å². The maximum atomic E-state index is 11.5. The Bertz CT molecular complexity index is 308. The fourth-order valence-corrected chi connectivity index (χ4v) is 2.09. The van der Waals surface area contributed by atoms with E-state index in [0.29, 0.717) is 12.4 Å². The lowest BCUT2D eigenvalue weighted by molar-refractivity contribution is 0.0702. The van der Waals surface area contributed by atoms with E-state index < -0.39 is 0 Å². The number of nitrogens with zero attached hydrogens (tertiary/aromatic N) is 2. The van der Waals surface area contributed by atoms with Gasteiger partial charge in [0, 0.05) is 13.2 Å². The van der Waals surface area contributed by atoms with E-state index in [4.69, 9.17) is 10.5 Å². The molecule has 2 amide bonds. The summed E-state index contributed by atoms with van der Waals surface area (Å²) in [6, 6.07) is -0.481. The van der Waals surface area contributed by atoms with E-state index in [1.807, 2.05) is 0 Å². The van der Waals surface area contributed by atoms with E-state index in [1.165, 1.54) is 0 Å².